The van der Waals surface area contributed by atoms with Crippen LogP contribution in [0.5, 0.6) is 0 Å². The average molecular weight is 154 g/mol. The van der Waals surface area contributed by atoms with Crippen molar-refractivity contribution in [2.24, 2.45) is 5.41 Å². The van der Waals surface area contributed by atoms with Gasteiger partial charge in [-0.1, -0.05) is 20.8 Å². The first kappa shape index (κ1) is 10.4. The molecule has 1 N–H and O–H groups in total. The number of rotatable bonds is 5. The summed E-state index contributed by atoms with van der Waals surface area (Å²) in [6, 6.07) is 2.19. The van der Waals surface area contributed by atoms with E-state index in [2.05, 4.69) is 32.2 Å². The fourth-order valence-electron chi connectivity index (χ4n) is 0.880. The smallest absolute Gasteiger partial charge is 0.0627 e. The van der Waals surface area contributed by atoms with Crippen LogP contribution in [0.2, 0.25) is 0 Å². The molecule has 0 spiro atoms. The van der Waals surface area contributed by atoms with Gasteiger partial charge in [-0.3, -0.25) is 0 Å². The van der Waals surface area contributed by atoms with Gasteiger partial charge in [0.2, 0.25) is 0 Å². The zero-order valence-electron chi connectivity index (χ0n) is 7.78. The van der Waals surface area contributed by atoms with Crippen LogP contribution in [0.25, 0.3) is 0 Å². The lowest BCUT2D eigenvalue weighted by Gasteiger charge is -2.21. The monoisotopic (exact) mass is 154 g/mol. The highest BCUT2D eigenvalue weighted by Crippen LogP contribution is 2.17. The Morgan fingerprint density at radius 2 is 2.09 bits per heavy atom. The molecule has 0 aliphatic carbocycles. The summed E-state index contributed by atoms with van der Waals surface area (Å²) in [6.07, 6.45) is 1.78. The van der Waals surface area contributed by atoms with Gasteiger partial charge in [0.15, 0.2) is 0 Å². The summed E-state index contributed by atoms with van der Waals surface area (Å²) < 4.78 is 0. The van der Waals surface area contributed by atoms with Gasteiger partial charge in [0.05, 0.1) is 6.07 Å². The van der Waals surface area contributed by atoms with E-state index in [4.69, 9.17) is 5.26 Å². The molecule has 0 fully saturated rings. The molecule has 0 aliphatic heterocycles. The second kappa shape index (κ2) is 5.15. The molecule has 0 rings (SSSR count). The molecule has 2 nitrogen and oxygen atoms in total. The van der Waals surface area contributed by atoms with E-state index in [9.17, 15) is 0 Å². The van der Waals surface area contributed by atoms with Crippen LogP contribution in [0, 0.1) is 16.7 Å². The lowest BCUT2D eigenvalue weighted by Crippen LogP contribution is -2.29. The van der Waals surface area contributed by atoms with Gasteiger partial charge >= 0.3 is 0 Å². The van der Waals surface area contributed by atoms with Gasteiger partial charge in [-0.05, 0) is 18.4 Å². The predicted molar refractivity (Wildman–Crippen MR) is 47.2 cm³/mol. The molecule has 0 unspecified atom stereocenters. The molecule has 0 aromatic carbocycles. The van der Waals surface area contributed by atoms with E-state index in [0.717, 1.165) is 19.5 Å². The molecule has 0 aliphatic rings. The Bertz CT molecular complexity index is 133. The summed E-state index contributed by atoms with van der Waals surface area (Å²) in [5.74, 6) is 0. The Kier molecular flexibility index (Phi) is 4.89. The Balaban J connectivity index is 3.48. The molecule has 0 heterocycles. The highest BCUT2D eigenvalue weighted by Gasteiger charge is 2.15. The Hall–Kier alpha value is -0.550. The van der Waals surface area contributed by atoms with Crippen LogP contribution in [0.15, 0.2) is 0 Å². The quantitative estimate of drug-likeness (QED) is 0.614. The lowest BCUT2D eigenvalue weighted by molar-refractivity contribution is 0.349. The van der Waals surface area contributed by atoms with Gasteiger partial charge in [0.1, 0.15) is 0 Å². The van der Waals surface area contributed by atoms with Crippen LogP contribution in [-0.2, 0) is 0 Å². The van der Waals surface area contributed by atoms with Gasteiger partial charge in [-0.15, -0.1) is 0 Å². The number of nitrogens with zero attached hydrogens (tertiary/aromatic N) is 1. The minimum atomic E-state index is 0.129. The van der Waals surface area contributed by atoms with Gasteiger partial charge < -0.3 is 5.32 Å². The van der Waals surface area contributed by atoms with Gasteiger partial charge in [-0.25, -0.2) is 0 Å². The molecule has 0 aromatic rings. The minimum Gasteiger partial charge on any atom is -0.316 e. The molecule has 0 aromatic heterocycles. The molecule has 0 saturated carbocycles. The van der Waals surface area contributed by atoms with E-state index in [0.29, 0.717) is 6.42 Å². The maximum absolute atomic E-state index is 8.48. The van der Waals surface area contributed by atoms with Gasteiger partial charge in [0.25, 0.3) is 0 Å². The zero-order chi connectivity index (χ0) is 8.74. The number of nitriles is 1. The standard InChI is InChI=1S/C9H18N2/c1-4-7-11-8-9(2,3)5-6-10/h11H,4-5,7-8H2,1-3H3. The van der Waals surface area contributed by atoms with Crippen molar-refractivity contribution in [3.05, 3.63) is 0 Å². The van der Waals surface area contributed by atoms with Crippen LogP contribution in [0.4, 0.5) is 0 Å². The van der Waals surface area contributed by atoms with E-state index < -0.39 is 0 Å². The highest BCUT2D eigenvalue weighted by molar-refractivity contribution is 4.83. The third-order valence-electron chi connectivity index (χ3n) is 1.59. The number of nitrogens with one attached hydrogen (secondary N) is 1. The Labute approximate surface area is 69.6 Å². The number of hydrogen-bond donors (Lipinski definition) is 1. The van der Waals surface area contributed by atoms with Crippen molar-refractivity contribution in [2.75, 3.05) is 13.1 Å². The molecular weight excluding hydrogens is 136 g/mol. The molecule has 0 amide bonds. The first-order chi connectivity index (χ1) is 5.12. The Morgan fingerprint density at radius 1 is 1.45 bits per heavy atom. The van der Waals surface area contributed by atoms with Crippen LogP contribution >= 0.6 is 0 Å². The summed E-state index contributed by atoms with van der Waals surface area (Å²) in [5, 5.41) is 11.8. The Morgan fingerprint density at radius 3 is 2.55 bits per heavy atom. The van der Waals surface area contributed by atoms with E-state index in [-0.39, 0.29) is 5.41 Å². The molecule has 11 heavy (non-hydrogen) atoms. The lowest BCUT2D eigenvalue weighted by atomic mass is 9.90. The van der Waals surface area contributed by atoms with Crippen molar-refractivity contribution in [2.45, 2.75) is 33.6 Å². The van der Waals surface area contributed by atoms with E-state index in [1.54, 1.807) is 0 Å². The average Bonchev–Trinajstić information content (AvgIpc) is 1.87. The molecular formula is C9H18N2. The van der Waals surface area contributed by atoms with Crippen LogP contribution in [-0.4, -0.2) is 13.1 Å². The highest BCUT2D eigenvalue weighted by atomic mass is 14.9. The van der Waals surface area contributed by atoms with Crippen LogP contribution in [0.1, 0.15) is 33.6 Å². The van der Waals surface area contributed by atoms with Crippen molar-refractivity contribution < 1.29 is 0 Å². The predicted octanol–water partition coefficient (Wildman–Crippen LogP) is 1.93. The van der Waals surface area contributed by atoms with Crippen molar-refractivity contribution in [1.29, 1.82) is 5.26 Å². The summed E-state index contributed by atoms with van der Waals surface area (Å²) in [5.41, 5.74) is 0.129. The van der Waals surface area contributed by atoms with E-state index in [1.807, 2.05) is 0 Å². The summed E-state index contributed by atoms with van der Waals surface area (Å²) >= 11 is 0. The second-order valence-electron chi connectivity index (χ2n) is 3.68. The van der Waals surface area contributed by atoms with Gasteiger partial charge in [-0.2, -0.15) is 5.26 Å². The van der Waals surface area contributed by atoms with Crippen molar-refractivity contribution in [3.8, 4) is 6.07 Å². The SMILES string of the molecule is CCCNCC(C)(C)CC#N. The second-order valence-corrected chi connectivity index (χ2v) is 3.68. The third kappa shape index (κ3) is 5.87. The fourth-order valence-corrected chi connectivity index (χ4v) is 0.880. The maximum atomic E-state index is 8.48. The van der Waals surface area contributed by atoms with E-state index in [1.165, 1.54) is 0 Å². The molecule has 0 atom stereocenters. The van der Waals surface area contributed by atoms with Crippen molar-refractivity contribution in [3.63, 3.8) is 0 Å². The molecule has 2 heteroatoms. The van der Waals surface area contributed by atoms with Crippen LogP contribution in [0.3, 0.4) is 0 Å². The zero-order valence-corrected chi connectivity index (χ0v) is 7.78. The normalized spacial score (nSPS) is 11.1. The minimum absolute atomic E-state index is 0.129. The fraction of sp³-hybridized carbons (Fsp3) is 0.889. The summed E-state index contributed by atoms with van der Waals surface area (Å²) in [4.78, 5) is 0. The van der Waals surface area contributed by atoms with Crippen molar-refractivity contribution >= 4 is 0 Å². The summed E-state index contributed by atoms with van der Waals surface area (Å²) in [7, 11) is 0. The maximum Gasteiger partial charge on any atom is 0.0627 e. The molecule has 0 radical (unpaired) electrons. The molecule has 64 valence electrons. The van der Waals surface area contributed by atoms with E-state index >= 15 is 0 Å². The van der Waals surface area contributed by atoms with Crippen LogP contribution < -0.4 is 5.32 Å². The largest absolute Gasteiger partial charge is 0.316 e. The first-order valence-corrected chi connectivity index (χ1v) is 4.20. The third-order valence-corrected chi connectivity index (χ3v) is 1.59. The van der Waals surface area contributed by atoms with Gasteiger partial charge in [0, 0.05) is 13.0 Å². The molecule has 0 bridgehead atoms. The first-order valence-electron chi connectivity index (χ1n) is 4.20. The van der Waals surface area contributed by atoms with Crippen molar-refractivity contribution in [1.82, 2.24) is 5.32 Å². The summed E-state index contributed by atoms with van der Waals surface area (Å²) in [6.45, 7) is 8.35. The molecule has 0 saturated heterocycles. The number of hydrogen-bond acceptors (Lipinski definition) is 2. The topological polar surface area (TPSA) is 35.8 Å².